The highest BCUT2D eigenvalue weighted by Crippen LogP contribution is 2.20. The van der Waals surface area contributed by atoms with Crippen LogP contribution in [0.15, 0.2) is 28.7 Å². The van der Waals surface area contributed by atoms with Crippen molar-refractivity contribution in [2.24, 2.45) is 0 Å². The SMILES string of the molecule is O=C(O)NCCC[C@@H](CNC(=O)c1cc2ccc(Br)cc2[nH]1)NC(=O)O. The maximum Gasteiger partial charge on any atom is 0.404 e. The van der Waals surface area contributed by atoms with E-state index < -0.39 is 18.2 Å². The van der Waals surface area contributed by atoms with Crippen molar-refractivity contribution in [3.8, 4) is 0 Å². The average Bonchev–Trinajstić information content (AvgIpc) is 2.98. The van der Waals surface area contributed by atoms with Crippen LogP contribution in [0.3, 0.4) is 0 Å². The first kappa shape index (κ1) is 19.6. The largest absolute Gasteiger partial charge is 0.465 e. The van der Waals surface area contributed by atoms with Gasteiger partial charge in [-0.1, -0.05) is 22.0 Å². The molecule has 3 amide bonds. The number of carbonyl (C=O) groups excluding carboxylic acids is 1. The molecule has 0 aliphatic heterocycles. The van der Waals surface area contributed by atoms with E-state index in [9.17, 15) is 14.4 Å². The Morgan fingerprint density at radius 2 is 1.88 bits per heavy atom. The molecule has 0 fully saturated rings. The fraction of sp³-hybridized carbons (Fsp3) is 0.312. The summed E-state index contributed by atoms with van der Waals surface area (Å²) in [6, 6.07) is 6.79. The molecule has 0 aliphatic rings. The summed E-state index contributed by atoms with van der Waals surface area (Å²) >= 11 is 3.36. The van der Waals surface area contributed by atoms with Crippen LogP contribution >= 0.6 is 15.9 Å². The van der Waals surface area contributed by atoms with E-state index in [1.54, 1.807) is 6.07 Å². The van der Waals surface area contributed by atoms with Gasteiger partial charge >= 0.3 is 12.2 Å². The summed E-state index contributed by atoms with van der Waals surface area (Å²) in [6.45, 7) is 0.301. The number of benzene rings is 1. The molecule has 1 heterocycles. The molecule has 26 heavy (non-hydrogen) atoms. The summed E-state index contributed by atoms with van der Waals surface area (Å²) in [6.07, 6.45) is -1.52. The van der Waals surface area contributed by atoms with Crippen LogP contribution in [0.1, 0.15) is 23.3 Å². The van der Waals surface area contributed by atoms with Crippen LogP contribution in [0.4, 0.5) is 9.59 Å². The summed E-state index contributed by atoms with van der Waals surface area (Å²) in [7, 11) is 0. The van der Waals surface area contributed by atoms with Gasteiger partial charge in [0.15, 0.2) is 0 Å². The topological polar surface area (TPSA) is 144 Å². The molecule has 0 unspecified atom stereocenters. The standard InChI is InChI=1S/C16H19BrN4O5/c17-10-4-3-9-6-13(21-12(9)7-10)14(22)19-8-11(20-16(25)26)2-1-5-18-15(23)24/h3-4,6-7,11,18,20-21H,1-2,5,8H2,(H,19,22)(H,23,24)(H,25,26)/t11-/m0/s1. The van der Waals surface area contributed by atoms with Crippen LogP contribution in [0, 0.1) is 0 Å². The number of nitrogens with one attached hydrogen (secondary N) is 4. The Hall–Kier alpha value is -2.75. The maximum absolute atomic E-state index is 12.3. The lowest BCUT2D eigenvalue weighted by molar-refractivity contribution is 0.0943. The van der Waals surface area contributed by atoms with Crippen molar-refractivity contribution in [1.82, 2.24) is 20.9 Å². The minimum atomic E-state index is -1.20. The van der Waals surface area contributed by atoms with Gasteiger partial charge in [-0.2, -0.15) is 0 Å². The summed E-state index contributed by atoms with van der Waals surface area (Å²) in [5.74, 6) is -0.349. The quantitative estimate of drug-likeness (QED) is 0.359. The second kappa shape index (κ2) is 9.09. The third-order valence-corrected chi connectivity index (χ3v) is 4.16. The summed E-state index contributed by atoms with van der Waals surface area (Å²) in [5.41, 5.74) is 1.18. The first-order valence-electron chi connectivity index (χ1n) is 7.88. The molecule has 0 saturated heterocycles. The van der Waals surface area contributed by atoms with Crippen molar-refractivity contribution in [3.05, 3.63) is 34.4 Å². The molecule has 1 atom stereocenters. The Morgan fingerprint density at radius 1 is 1.12 bits per heavy atom. The van der Waals surface area contributed by atoms with E-state index in [-0.39, 0.29) is 19.0 Å². The van der Waals surface area contributed by atoms with E-state index in [4.69, 9.17) is 10.2 Å². The first-order chi connectivity index (χ1) is 12.3. The predicted octanol–water partition coefficient (Wildman–Crippen LogP) is 2.34. The van der Waals surface area contributed by atoms with Crippen molar-refractivity contribution in [1.29, 1.82) is 0 Å². The number of fused-ring (bicyclic) bond motifs is 1. The highest BCUT2D eigenvalue weighted by atomic mass is 79.9. The molecule has 0 radical (unpaired) electrons. The molecular formula is C16H19BrN4O5. The minimum Gasteiger partial charge on any atom is -0.465 e. The molecule has 10 heteroatoms. The molecule has 0 spiro atoms. The van der Waals surface area contributed by atoms with Gasteiger partial charge in [0.05, 0.1) is 0 Å². The van der Waals surface area contributed by atoms with Gasteiger partial charge in [-0.15, -0.1) is 0 Å². The van der Waals surface area contributed by atoms with E-state index in [0.29, 0.717) is 18.5 Å². The molecule has 2 aromatic rings. The zero-order valence-electron chi connectivity index (χ0n) is 13.7. The highest BCUT2D eigenvalue weighted by Gasteiger charge is 2.15. The number of hydrogen-bond donors (Lipinski definition) is 6. The molecule has 1 aromatic heterocycles. The van der Waals surface area contributed by atoms with Crippen molar-refractivity contribution < 1.29 is 24.6 Å². The van der Waals surface area contributed by atoms with Crippen LogP contribution in [-0.4, -0.2) is 52.4 Å². The number of hydrogen-bond acceptors (Lipinski definition) is 3. The number of carbonyl (C=O) groups is 3. The Morgan fingerprint density at radius 3 is 2.58 bits per heavy atom. The third-order valence-electron chi connectivity index (χ3n) is 3.67. The van der Waals surface area contributed by atoms with Gasteiger partial charge in [0, 0.05) is 34.5 Å². The maximum atomic E-state index is 12.3. The zero-order chi connectivity index (χ0) is 19.1. The van der Waals surface area contributed by atoms with Crippen LogP contribution in [-0.2, 0) is 0 Å². The van der Waals surface area contributed by atoms with E-state index >= 15 is 0 Å². The van der Waals surface area contributed by atoms with E-state index in [1.807, 2.05) is 18.2 Å². The Kier molecular flexibility index (Phi) is 6.84. The lowest BCUT2D eigenvalue weighted by Crippen LogP contribution is -2.43. The molecule has 9 nitrogen and oxygen atoms in total. The van der Waals surface area contributed by atoms with Crippen molar-refractivity contribution in [2.45, 2.75) is 18.9 Å². The molecule has 2 rings (SSSR count). The summed E-state index contributed by atoms with van der Waals surface area (Å²) in [4.78, 5) is 36.6. The number of amides is 3. The number of aromatic nitrogens is 1. The smallest absolute Gasteiger partial charge is 0.404 e. The lowest BCUT2D eigenvalue weighted by Gasteiger charge is -2.17. The molecule has 1 aromatic carbocycles. The van der Waals surface area contributed by atoms with Crippen LogP contribution in [0.2, 0.25) is 0 Å². The van der Waals surface area contributed by atoms with Gasteiger partial charge < -0.3 is 31.1 Å². The number of carboxylic acid groups (broad SMARTS) is 2. The normalized spacial score (nSPS) is 11.7. The third kappa shape index (κ3) is 5.96. The number of aromatic amines is 1. The fourth-order valence-electron chi connectivity index (χ4n) is 2.48. The molecular weight excluding hydrogens is 408 g/mol. The average molecular weight is 427 g/mol. The molecule has 0 bridgehead atoms. The predicted molar refractivity (Wildman–Crippen MR) is 98.5 cm³/mol. The number of halogens is 1. The van der Waals surface area contributed by atoms with Crippen molar-refractivity contribution in [2.75, 3.05) is 13.1 Å². The van der Waals surface area contributed by atoms with Crippen LogP contribution < -0.4 is 16.0 Å². The van der Waals surface area contributed by atoms with Gasteiger partial charge in [0.25, 0.3) is 5.91 Å². The lowest BCUT2D eigenvalue weighted by atomic mass is 10.1. The van der Waals surface area contributed by atoms with E-state index in [2.05, 4.69) is 36.9 Å². The monoisotopic (exact) mass is 426 g/mol. The first-order valence-corrected chi connectivity index (χ1v) is 8.67. The summed E-state index contributed by atoms with van der Waals surface area (Å²) in [5, 5.41) is 25.5. The van der Waals surface area contributed by atoms with Gasteiger partial charge in [-0.05, 0) is 31.0 Å². The Labute approximate surface area is 157 Å². The Bertz CT molecular complexity index is 807. The minimum absolute atomic E-state index is 0.0945. The molecule has 6 N–H and O–H groups in total. The summed E-state index contributed by atoms with van der Waals surface area (Å²) < 4.78 is 0.888. The fourth-order valence-corrected chi connectivity index (χ4v) is 2.84. The highest BCUT2D eigenvalue weighted by molar-refractivity contribution is 9.10. The van der Waals surface area contributed by atoms with Gasteiger partial charge in [-0.3, -0.25) is 4.79 Å². The zero-order valence-corrected chi connectivity index (χ0v) is 15.3. The van der Waals surface area contributed by atoms with Gasteiger partial charge in [0.2, 0.25) is 0 Å². The number of rotatable bonds is 8. The van der Waals surface area contributed by atoms with Crippen LogP contribution in [0.25, 0.3) is 10.9 Å². The van der Waals surface area contributed by atoms with Gasteiger partial charge in [-0.25, -0.2) is 9.59 Å². The van der Waals surface area contributed by atoms with Crippen molar-refractivity contribution in [3.63, 3.8) is 0 Å². The molecule has 0 aliphatic carbocycles. The van der Waals surface area contributed by atoms with Crippen molar-refractivity contribution >= 4 is 44.9 Å². The molecule has 140 valence electrons. The van der Waals surface area contributed by atoms with E-state index in [1.165, 1.54) is 0 Å². The second-order valence-electron chi connectivity index (χ2n) is 5.65. The van der Waals surface area contributed by atoms with E-state index in [0.717, 1.165) is 15.4 Å². The van der Waals surface area contributed by atoms with Crippen LogP contribution in [0.5, 0.6) is 0 Å². The second-order valence-corrected chi connectivity index (χ2v) is 6.56. The van der Waals surface area contributed by atoms with Gasteiger partial charge in [0.1, 0.15) is 5.69 Å². The Balaban J connectivity index is 1.91. The number of H-pyrrole nitrogens is 1. The molecule has 0 saturated carbocycles.